The van der Waals surface area contributed by atoms with Crippen molar-refractivity contribution in [2.45, 2.75) is 25.3 Å². The number of hydrogen-bond acceptors (Lipinski definition) is 3. The van der Waals surface area contributed by atoms with Crippen molar-refractivity contribution in [3.63, 3.8) is 0 Å². The fraction of sp³-hybridized carbons (Fsp3) is 0.412. The molecule has 4 nitrogen and oxygen atoms in total. The second-order valence-corrected chi connectivity index (χ2v) is 5.85. The Hall–Kier alpha value is -1.94. The number of aromatic nitrogens is 1. The summed E-state index contributed by atoms with van der Waals surface area (Å²) in [7, 11) is 2.13. The molecular weight excluding hydrogens is 262 g/mol. The Morgan fingerprint density at radius 1 is 1.33 bits per heavy atom. The van der Waals surface area contributed by atoms with Crippen molar-refractivity contribution in [2.24, 2.45) is 0 Å². The second-order valence-electron chi connectivity index (χ2n) is 5.85. The lowest BCUT2D eigenvalue weighted by Gasteiger charge is -2.29. The number of hydrogen-bond donors (Lipinski definition) is 1. The molecule has 1 aliphatic rings. The van der Waals surface area contributed by atoms with Crippen LogP contribution in [0, 0.1) is 0 Å². The molecule has 1 aromatic carbocycles. The lowest BCUT2D eigenvalue weighted by molar-refractivity contribution is -0.121. The zero-order chi connectivity index (χ0) is 14.7. The van der Waals surface area contributed by atoms with Crippen LogP contribution in [-0.2, 0) is 11.2 Å². The van der Waals surface area contributed by atoms with Crippen LogP contribution in [0.3, 0.4) is 0 Å². The molecule has 110 valence electrons. The van der Waals surface area contributed by atoms with E-state index in [1.54, 1.807) is 6.20 Å². The maximum Gasteiger partial charge on any atom is 0.224 e. The van der Waals surface area contributed by atoms with Crippen molar-refractivity contribution >= 4 is 16.8 Å². The zero-order valence-electron chi connectivity index (χ0n) is 12.4. The number of likely N-dealkylation sites (tertiary alicyclic amines) is 1. The molecule has 2 aromatic rings. The predicted molar refractivity (Wildman–Crippen MR) is 84.1 cm³/mol. The first-order chi connectivity index (χ1) is 10.2. The van der Waals surface area contributed by atoms with Gasteiger partial charge in [0, 0.05) is 17.6 Å². The van der Waals surface area contributed by atoms with Crippen LogP contribution >= 0.6 is 0 Å². The maximum atomic E-state index is 12.2. The number of pyridine rings is 1. The van der Waals surface area contributed by atoms with Gasteiger partial charge in [0.15, 0.2) is 0 Å². The monoisotopic (exact) mass is 283 g/mol. The molecule has 1 aromatic heterocycles. The molecule has 1 fully saturated rings. The summed E-state index contributed by atoms with van der Waals surface area (Å²) in [6.45, 7) is 2.12. The minimum absolute atomic E-state index is 0.111. The number of amides is 1. The first kappa shape index (κ1) is 14.0. The highest BCUT2D eigenvalue weighted by atomic mass is 16.1. The molecule has 3 rings (SSSR count). The third kappa shape index (κ3) is 3.58. The predicted octanol–water partition coefficient (Wildman–Crippen LogP) is 1.99. The number of nitrogens with one attached hydrogen (secondary N) is 1. The number of piperidine rings is 1. The number of carbonyl (C=O) groups excluding carboxylic acids is 1. The van der Waals surface area contributed by atoms with Gasteiger partial charge in [-0.25, -0.2) is 0 Å². The van der Waals surface area contributed by atoms with Crippen molar-refractivity contribution in [1.82, 2.24) is 15.2 Å². The van der Waals surface area contributed by atoms with Crippen LogP contribution in [0.25, 0.3) is 10.9 Å². The Bertz CT molecular complexity index is 633. The number of fused-ring (bicyclic) bond motifs is 1. The van der Waals surface area contributed by atoms with Crippen LogP contribution in [0.4, 0.5) is 0 Å². The van der Waals surface area contributed by atoms with Gasteiger partial charge in [0.25, 0.3) is 0 Å². The van der Waals surface area contributed by atoms with E-state index in [2.05, 4.69) is 22.2 Å². The molecule has 0 radical (unpaired) electrons. The Balaban J connectivity index is 1.60. The van der Waals surface area contributed by atoms with Crippen molar-refractivity contribution in [1.29, 1.82) is 0 Å². The third-order valence-corrected chi connectivity index (χ3v) is 4.12. The summed E-state index contributed by atoms with van der Waals surface area (Å²) >= 11 is 0. The lowest BCUT2D eigenvalue weighted by Crippen LogP contribution is -2.43. The summed E-state index contributed by atoms with van der Waals surface area (Å²) < 4.78 is 0. The van der Waals surface area contributed by atoms with E-state index in [-0.39, 0.29) is 5.91 Å². The fourth-order valence-electron chi connectivity index (χ4n) is 2.84. The normalized spacial score (nSPS) is 17.0. The van der Waals surface area contributed by atoms with Gasteiger partial charge in [-0.3, -0.25) is 9.78 Å². The van der Waals surface area contributed by atoms with E-state index in [4.69, 9.17) is 0 Å². The first-order valence-electron chi connectivity index (χ1n) is 7.52. The quantitative estimate of drug-likeness (QED) is 0.937. The van der Waals surface area contributed by atoms with E-state index in [0.29, 0.717) is 12.5 Å². The summed E-state index contributed by atoms with van der Waals surface area (Å²) in [6, 6.07) is 10.3. The molecule has 1 aliphatic heterocycles. The van der Waals surface area contributed by atoms with Gasteiger partial charge in [-0.2, -0.15) is 0 Å². The molecule has 0 bridgehead atoms. The van der Waals surface area contributed by atoms with Crippen LogP contribution in [0.15, 0.2) is 36.5 Å². The molecule has 1 saturated heterocycles. The topological polar surface area (TPSA) is 45.2 Å². The zero-order valence-corrected chi connectivity index (χ0v) is 12.4. The van der Waals surface area contributed by atoms with Crippen molar-refractivity contribution in [2.75, 3.05) is 20.1 Å². The fourth-order valence-corrected chi connectivity index (χ4v) is 2.84. The molecule has 1 amide bonds. The highest BCUT2D eigenvalue weighted by Gasteiger charge is 2.18. The summed E-state index contributed by atoms with van der Waals surface area (Å²) in [5.74, 6) is 0.111. The highest BCUT2D eigenvalue weighted by Crippen LogP contribution is 2.14. The Labute approximate surface area is 125 Å². The molecule has 1 N–H and O–H groups in total. The molecule has 4 heteroatoms. The number of rotatable bonds is 3. The number of carbonyl (C=O) groups is 1. The molecule has 0 aliphatic carbocycles. The van der Waals surface area contributed by atoms with Gasteiger partial charge in [-0.05, 0) is 50.7 Å². The van der Waals surface area contributed by atoms with E-state index in [9.17, 15) is 4.79 Å². The van der Waals surface area contributed by atoms with Gasteiger partial charge in [0.2, 0.25) is 5.91 Å². The Morgan fingerprint density at radius 3 is 2.95 bits per heavy atom. The molecule has 2 heterocycles. The van der Waals surface area contributed by atoms with Gasteiger partial charge in [-0.1, -0.05) is 18.2 Å². The minimum atomic E-state index is 0.111. The number of nitrogens with zero attached hydrogens (tertiary/aromatic N) is 2. The van der Waals surface area contributed by atoms with E-state index in [0.717, 1.165) is 42.4 Å². The average molecular weight is 283 g/mol. The van der Waals surface area contributed by atoms with E-state index in [1.807, 2.05) is 30.3 Å². The summed E-state index contributed by atoms with van der Waals surface area (Å²) in [5.41, 5.74) is 1.97. The van der Waals surface area contributed by atoms with E-state index >= 15 is 0 Å². The van der Waals surface area contributed by atoms with Crippen molar-refractivity contribution < 1.29 is 4.79 Å². The molecule has 21 heavy (non-hydrogen) atoms. The van der Waals surface area contributed by atoms with Gasteiger partial charge in [0.1, 0.15) is 0 Å². The summed E-state index contributed by atoms with van der Waals surface area (Å²) in [4.78, 5) is 18.8. The SMILES string of the molecule is CN1CCC(NC(=O)Cc2ccc3cccnc3c2)CC1. The molecule has 0 spiro atoms. The smallest absolute Gasteiger partial charge is 0.224 e. The largest absolute Gasteiger partial charge is 0.353 e. The van der Waals surface area contributed by atoms with E-state index in [1.165, 1.54) is 0 Å². The molecular formula is C17H21N3O. The minimum Gasteiger partial charge on any atom is -0.353 e. The van der Waals surface area contributed by atoms with E-state index < -0.39 is 0 Å². The van der Waals surface area contributed by atoms with Crippen LogP contribution in [0.2, 0.25) is 0 Å². The van der Waals surface area contributed by atoms with Crippen LogP contribution < -0.4 is 5.32 Å². The van der Waals surface area contributed by atoms with Gasteiger partial charge in [0.05, 0.1) is 11.9 Å². The number of benzene rings is 1. The van der Waals surface area contributed by atoms with Crippen LogP contribution in [0.5, 0.6) is 0 Å². The van der Waals surface area contributed by atoms with Gasteiger partial charge < -0.3 is 10.2 Å². The van der Waals surface area contributed by atoms with Crippen LogP contribution in [0.1, 0.15) is 18.4 Å². The Morgan fingerprint density at radius 2 is 2.14 bits per heavy atom. The average Bonchev–Trinajstić information content (AvgIpc) is 2.49. The lowest BCUT2D eigenvalue weighted by atomic mass is 10.0. The Kier molecular flexibility index (Phi) is 4.15. The van der Waals surface area contributed by atoms with Crippen molar-refractivity contribution in [3.8, 4) is 0 Å². The van der Waals surface area contributed by atoms with Crippen LogP contribution in [-0.4, -0.2) is 42.0 Å². The van der Waals surface area contributed by atoms with Gasteiger partial charge >= 0.3 is 0 Å². The van der Waals surface area contributed by atoms with Crippen molar-refractivity contribution in [3.05, 3.63) is 42.1 Å². The summed E-state index contributed by atoms with van der Waals surface area (Å²) in [6.07, 6.45) is 4.30. The maximum absolute atomic E-state index is 12.2. The highest BCUT2D eigenvalue weighted by molar-refractivity contribution is 5.83. The standard InChI is InChI=1S/C17H21N3O/c1-20-9-6-15(7-10-20)19-17(21)12-13-4-5-14-3-2-8-18-16(14)11-13/h2-5,8,11,15H,6-7,9-10,12H2,1H3,(H,19,21). The molecule has 0 unspecified atom stereocenters. The van der Waals surface area contributed by atoms with Gasteiger partial charge in [-0.15, -0.1) is 0 Å². The molecule has 0 atom stereocenters. The molecule has 0 saturated carbocycles. The third-order valence-electron chi connectivity index (χ3n) is 4.12. The summed E-state index contributed by atoms with van der Waals surface area (Å²) in [5, 5.41) is 4.26. The first-order valence-corrected chi connectivity index (χ1v) is 7.52. The second kappa shape index (κ2) is 6.22.